The minimum absolute atomic E-state index is 0.231. The SMILES string of the molecule is C[C@@H](C=O)[C@H]1CC[C@H]2[C@@H]3CC[C@H]4CC5(CC[C@]4(C)[C@H]3CC[C@]12C)OCCO5. The molecule has 5 rings (SSSR count). The van der Waals surface area contributed by atoms with Gasteiger partial charge in [-0.15, -0.1) is 0 Å². The van der Waals surface area contributed by atoms with Crippen molar-refractivity contribution in [1.29, 1.82) is 0 Å². The normalized spacial score (nSPS) is 52.0. The number of fused-ring (bicyclic) bond motifs is 5. The average molecular weight is 375 g/mol. The standard InChI is InChI=1S/C24H38O3/c1-16(15-25)19-6-7-20-18-5-4-17-14-24(26-12-13-27-24)11-10-22(17,2)21(18)8-9-23(19,20)3/h15-21H,4-14H2,1-3H3/t16-,17-,18-,19+,20-,21-,22-,23+/m0/s1. The van der Waals surface area contributed by atoms with E-state index in [1.165, 1.54) is 51.2 Å². The maximum Gasteiger partial charge on any atom is 0.168 e. The van der Waals surface area contributed by atoms with Gasteiger partial charge < -0.3 is 14.3 Å². The molecular formula is C24H38O3. The van der Waals surface area contributed by atoms with Crippen LogP contribution in [-0.2, 0) is 14.3 Å². The first-order valence-corrected chi connectivity index (χ1v) is 11.7. The molecule has 4 saturated carbocycles. The van der Waals surface area contributed by atoms with E-state index in [1.54, 1.807) is 0 Å². The Balaban J connectivity index is 1.38. The fourth-order valence-electron chi connectivity index (χ4n) is 8.96. The molecule has 0 aromatic carbocycles. The van der Waals surface area contributed by atoms with Gasteiger partial charge >= 0.3 is 0 Å². The van der Waals surface area contributed by atoms with E-state index >= 15 is 0 Å². The molecule has 4 aliphatic carbocycles. The second-order valence-electron chi connectivity index (χ2n) is 11.2. The number of hydrogen-bond donors (Lipinski definition) is 0. The van der Waals surface area contributed by atoms with E-state index in [9.17, 15) is 4.79 Å². The lowest BCUT2D eigenvalue weighted by Gasteiger charge is -2.62. The Labute approximate surface area is 164 Å². The zero-order chi connectivity index (χ0) is 18.9. The Morgan fingerprint density at radius 2 is 1.63 bits per heavy atom. The van der Waals surface area contributed by atoms with Crippen LogP contribution < -0.4 is 0 Å². The molecule has 0 aromatic heterocycles. The molecule has 8 atom stereocenters. The predicted molar refractivity (Wildman–Crippen MR) is 105 cm³/mol. The fraction of sp³-hybridized carbons (Fsp3) is 0.958. The number of aldehydes is 1. The molecule has 152 valence electrons. The maximum absolute atomic E-state index is 11.5. The summed E-state index contributed by atoms with van der Waals surface area (Å²) in [5, 5.41) is 0. The largest absolute Gasteiger partial charge is 0.348 e. The number of hydrogen-bond acceptors (Lipinski definition) is 3. The zero-order valence-corrected chi connectivity index (χ0v) is 17.5. The lowest BCUT2D eigenvalue weighted by Crippen LogP contribution is -2.56. The first-order chi connectivity index (χ1) is 12.9. The first kappa shape index (κ1) is 18.6. The highest BCUT2D eigenvalue weighted by Gasteiger charge is 2.62. The highest BCUT2D eigenvalue weighted by Crippen LogP contribution is 2.69. The lowest BCUT2D eigenvalue weighted by atomic mass is 9.44. The Bertz CT molecular complexity index is 596. The van der Waals surface area contributed by atoms with Crippen molar-refractivity contribution in [1.82, 2.24) is 0 Å². The van der Waals surface area contributed by atoms with Crippen LogP contribution in [-0.4, -0.2) is 25.3 Å². The summed E-state index contributed by atoms with van der Waals surface area (Å²) in [6, 6.07) is 0. The van der Waals surface area contributed by atoms with Crippen LogP contribution in [0.5, 0.6) is 0 Å². The molecular weight excluding hydrogens is 336 g/mol. The summed E-state index contributed by atoms with van der Waals surface area (Å²) < 4.78 is 12.2. The Kier molecular flexibility index (Phi) is 4.34. The van der Waals surface area contributed by atoms with Crippen molar-refractivity contribution in [2.75, 3.05) is 13.2 Å². The molecule has 0 aromatic rings. The summed E-state index contributed by atoms with van der Waals surface area (Å²) in [5.74, 6) is 3.97. The summed E-state index contributed by atoms with van der Waals surface area (Å²) in [6.45, 7) is 8.88. The molecule has 1 aliphatic heterocycles. The molecule has 3 nitrogen and oxygen atoms in total. The molecule has 1 spiro atoms. The summed E-state index contributed by atoms with van der Waals surface area (Å²) in [7, 11) is 0. The summed E-state index contributed by atoms with van der Waals surface area (Å²) in [4.78, 5) is 11.5. The van der Waals surface area contributed by atoms with E-state index in [4.69, 9.17) is 9.47 Å². The molecule has 0 amide bonds. The quantitative estimate of drug-likeness (QED) is 0.621. The molecule has 3 heteroatoms. The van der Waals surface area contributed by atoms with Crippen LogP contribution in [0.1, 0.15) is 78.6 Å². The summed E-state index contributed by atoms with van der Waals surface area (Å²) in [6.07, 6.45) is 12.8. The minimum Gasteiger partial charge on any atom is -0.348 e. The molecule has 5 aliphatic rings. The Hall–Kier alpha value is -0.410. The highest BCUT2D eigenvalue weighted by atomic mass is 16.7. The van der Waals surface area contributed by atoms with Crippen LogP contribution in [0.25, 0.3) is 0 Å². The zero-order valence-electron chi connectivity index (χ0n) is 17.5. The van der Waals surface area contributed by atoms with Crippen LogP contribution in [0, 0.1) is 46.3 Å². The van der Waals surface area contributed by atoms with Crippen molar-refractivity contribution in [3.63, 3.8) is 0 Å². The Morgan fingerprint density at radius 3 is 2.37 bits per heavy atom. The lowest BCUT2D eigenvalue weighted by molar-refractivity contribution is -0.229. The van der Waals surface area contributed by atoms with Crippen molar-refractivity contribution in [3.8, 4) is 0 Å². The van der Waals surface area contributed by atoms with Crippen molar-refractivity contribution in [2.24, 2.45) is 46.3 Å². The van der Waals surface area contributed by atoms with E-state index in [0.717, 1.165) is 49.7 Å². The monoisotopic (exact) mass is 374 g/mol. The van der Waals surface area contributed by atoms with Crippen molar-refractivity contribution < 1.29 is 14.3 Å². The number of rotatable bonds is 2. The van der Waals surface area contributed by atoms with Gasteiger partial charge in [-0.1, -0.05) is 20.8 Å². The van der Waals surface area contributed by atoms with Gasteiger partial charge in [0, 0.05) is 18.8 Å². The number of ether oxygens (including phenoxy) is 2. The van der Waals surface area contributed by atoms with Gasteiger partial charge in [-0.3, -0.25) is 0 Å². The van der Waals surface area contributed by atoms with Gasteiger partial charge in [0.25, 0.3) is 0 Å². The molecule has 1 heterocycles. The van der Waals surface area contributed by atoms with Gasteiger partial charge in [-0.05, 0) is 85.4 Å². The van der Waals surface area contributed by atoms with Crippen molar-refractivity contribution in [3.05, 3.63) is 0 Å². The van der Waals surface area contributed by atoms with E-state index in [1.807, 2.05) is 0 Å². The second kappa shape index (κ2) is 6.29. The average Bonchev–Trinajstić information content (AvgIpc) is 3.26. The summed E-state index contributed by atoms with van der Waals surface area (Å²) >= 11 is 0. The Morgan fingerprint density at radius 1 is 0.889 bits per heavy atom. The smallest absolute Gasteiger partial charge is 0.168 e. The van der Waals surface area contributed by atoms with Gasteiger partial charge in [-0.2, -0.15) is 0 Å². The van der Waals surface area contributed by atoms with Crippen LogP contribution in [0.2, 0.25) is 0 Å². The third-order valence-electron chi connectivity index (χ3n) is 10.4. The minimum atomic E-state index is -0.238. The van der Waals surface area contributed by atoms with Crippen LogP contribution in [0.4, 0.5) is 0 Å². The molecule has 0 radical (unpaired) electrons. The maximum atomic E-state index is 11.5. The van der Waals surface area contributed by atoms with Crippen LogP contribution in [0.3, 0.4) is 0 Å². The predicted octanol–water partition coefficient (Wildman–Crippen LogP) is 5.22. The van der Waals surface area contributed by atoms with Gasteiger partial charge in [0.1, 0.15) is 6.29 Å². The first-order valence-electron chi connectivity index (χ1n) is 11.7. The van der Waals surface area contributed by atoms with E-state index < -0.39 is 0 Å². The van der Waals surface area contributed by atoms with Crippen molar-refractivity contribution >= 4 is 6.29 Å². The fourth-order valence-corrected chi connectivity index (χ4v) is 8.96. The van der Waals surface area contributed by atoms with Crippen molar-refractivity contribution in [2.45, 2.75) is 84.3 Å². The van der Waals surface area contributed by atoms with Gasteiger partial charge in [-0.25, -0.2) is 0 Å². The topological polar surface area (TPSA) is 35.5 Å². The molecule has 27 heavy (non-hydrogen) atoms. The third-order valence-corrected chi connectivity index (χ3v) is 10.4. The van der Waals surface area contributed by atoms with E-state index in [0.29, 0.717) is 16.7 Å². The van der Waals surface area contributed by atoms with Gasteiger partial charge in [0.15, 0.2) is 5.79 Å². The van der Waals surface area contributed by atoms with Crippen LogP contribution in [0.15, 0.2) is 0 Å². The number of carbonyl (C=O) groups is 1. The molecule has 0 N–H and O–H groups in total. The molecule has 0 bridgehead atoms. The number of carbonyl (C=O) groups excluding carboxylic acids is 1. The molecule has 0 unspecified atom stereocenters. The van der Waals surface area contributed by atoms with E-state index in [2.05, 4.69) is 20.8 Å². The third kappa shape index (κ3) is 2.56. The molecule has 1 saturated heterocycles. The molecule has 5 fully saturated rings. The highest BCUT2D eigenvalue weighted by molar-refractivity contribution is 5.53. The van der Waals surface area contributed by atoms with Gasteiger partial charge in [0.05, 0.1) is 13.2 Å². The van der Waals surface area contributed by atoms with Crippen LogP contribution >= 0.6 is 0 Å². The van der Waals surface area contributed by atoms with E-state index in [-0.39, 0.29) is 11.7 Å². The van der Waals surface area contributed by atoms with Gasteiger partial charge in [0.2, 0.25) is 0 Å². The second-order valence-corrected chi connectivity index (χ2v) is 11.2. The summed E-state index contributed by atoms with van der Waals surface area (Å²) in [5.41, 5.74) is 0.872.